The fourth-order valence-corrected chi connectivity index (χ4v) is 3.53. The van der Waals surface area contributed by atoms with E-state index in [0.717, 1.165) is 38.6 Å². The quantitative estimate of drug-likeness (QED) is 0.790. The van der Waals surface area contributed by atoms with Gasteiger partial charge in [-0.05, 0) is 38.1 Å². The maximum atomic E-state index is 10.1. The van der Waals surface area contributed by atoms with Gasteiger partial charge in [-0.3, -0.25) is 0 Å². The first-order valence-corrected chi connectivity index (χ1v) is 7.68. The number of hydrogen-bond donors (Lipinski definition) is 1. The summed E-state index contributed by atoms with van der Waals surface area (Å²) in [6, 6.07) is 0. The Morgan fingerprint density at radius 3 is 2.56 bits per heavy atom. The molecule has 2 atom stereocenters. The number of rotatable bonds is 6. The number of hydrogen-bond acceptors (Lipinski definition) is 3. The molecule has 2 aliphatic rings. The first-order valence-electron chi connectivity index (χ1n) is 7.68. The fourth-order valence-electron chi connectivity index (χ4n) is 3.53. The number of nitrogens with zero attached hydrogens (tertiary/aromatic N) is 1. The van der Waals surface area contributed by atoms with Gasteiger partial charge in [0.2, 0.25) is 0 Å². The molecule has 2 rings (SSSR count). The summed E-state index contributed by atoms with van der Waals surface area (Å²) < 4.78 is 5.51. The summed E-state index contributed by atoms with van der Waals surface area (Å²) in [5.74, 6) is 1.45. The van der Waals surface area contributed by atoms with Crippen molar-refractivity contribution in [2.75, 3.05) is 33.4 Å². The molecule has 1 heterocycles. The predicted octanol–water partition coefficient (Wildman–Crippen LogP) is 2.29. The average Bonchev–Trinajstić information content (AvgIpc) is 2.82. The standard InChI is InChI=1S/C15H29NO2/c1-16(10-14-7-4-8-18-12-14)11-15(17)9-13-5-2-3-6-13/h13-15,17H,2-12H2,1H3. The van der Waals surface area contributed by atoms with Gasteiger partial charge in [-0.15, -0.1) is 0 Å². The molecule has 3 heteroatoms. The largest absolute Gasteiger partial charge is 0.392 e. The summed E-state index contributed by atoms with van der Waals surface area (Å²) in [5, 5.41) is 10.1. The summed E-state index contributed by atoms with van der Waals surface area (Å²) in [5.41, 5.74) is 0. The van der Waals surface area contributed by atoms with Crippen LogP contribution in [0.1, 0.15) is 44.9 Å². The zero-order chi connectivity index (χ0) is 12.8. The van der Waals surface area contributed by atoms with E-state index in [1.807, 2.05) is 0 Å². The zero-order valence-corrected chi connectivity index (χ0v) is 11.8. The van der Waals surface area contributed by atoms with Gasteiger partial charge in [0.15, 0.2) is 0 Å². The van der Waals surface area contributed by atoms with Crippen molar-refractivity contribution in [2.45, 2.75) is 51.0 Å². The van der Waals surface area contributed by atoms with Crippen molar-refractivity contribution in [2.24, 2.45) is 11.8 Å². The van der Waals surface area contributed by atoms with Crippen LogP contribution < -0.4 is 0 Å². The lowest BCUT2D eigenvalue weighted by atomic mass is 9.99. The summed E-state index contributed by atoms with van der Waals surface area (Å²) in [4.78, 5) is 2.29. The highest BCUT2D eigenvalue weighted by molar-refractivity contribution is 4.74. The van der Waals surface area contributed by atoms with Gasteiger partial charge in [-0.1, -0.05) is 25.7 Å². The molecular formula is C15H29NO2. The van der Waals surface area contributed by atoms with E-state index >= 15 is 0 Å². The van der Waals surface area contributed by atoms with Crippen LogP contribution in [0.5, 0.6) is 0 Å². The smallest absolute Gasteiger partial charge is 0.0669 e. The maximum Gasteiger partial charge on any atom is 0.0669 e. The van der Waals surface area contributed by atoms with Crippen molar-refractivity contribution in [3.05, 3.63) is 0 Å². The number of aliphatic hydroxyl groups is 1. The van der Waals surface area contributed by atoms with E-state index < -0.39 is 0 Å². The molecule has 0 aromatic carbocycles. The highest BCUT2D eigenvalue weighted by Gasteiger charge is 2.21. The van der Waals surface area contributed by atoms with Gasteiger partial charge in [-0.25, -0.2) is 0 Å². The Hall–Kier alpha value is -0.120. The highest BCUT2D eigenvalue weighted by atomic mass is 16.5. The van der Waals surface area contributed by atoms with Crippen LogP contribution in [-0.4, -0.2) is 49.5 Å². The molecule has 18 heavy (non-hydrogen) atoms. The second-order valence-corrected chi connectivity index (χ2v) is 6.34. The molecule has 0 bridgehead atoms. The molecule has 2 fully saturated rings. The Morgan fingerprint density at radius 2 is 1.89 bits per heavy atom. The van der Waals surface area contributed by atoms with Crippen LogP contribution in [0, 0.1) is 11.8 Å². The van der Waals surface area contributed by atoms with Crippen molar-refractivity contribution >= 4 is 0 Å². The van der Waals surface area contributed by atoms with E-state index in [1.165, 1.54) is 38.5 Å². The summed E-state index contributed by atoms with van der Waals surface area (Å²) in [6.45, 7) is 3.74. The number of ether oxygens (including phenoxy) is 1. The molecule has 1 saturated heterocycles. The average molecular weight is 255 g/mol. The van der Waals surface area contributed by atoms with Gasteiger partial charge >= 0.3 is 0 Å². The predicted molar refractivity (Wildman–Crippen MR) is 73.6 cm³/mol. The minimum Gasteiger partial charge on any atom is -0.392 e. The molecule has 0 radical (unpaired) electrons. The summed E-state index contributed by atoms with van der Waals surface area (Å²) in [7, 11) is 2.13. The van der Waals surface area contributed by atoms with Crippen LogP contribution in [0.4, 0.5) is 0 Å². The fraction of sp³-hybridized carbons (Fsp3) is 1.00. The molecule has 2 unspecified atom stereocenters. The molecule has 1 N–H and O–H groups in total. The first-order chi connectivity index (χ1) is 8.74. The van der Waals surface area contributed by atoms with E-state index in [9.17, 15) is 5.11 Å². The molecule has 3 nitrogen and oxygen atoms in total. The summed E-state index contributed by atoms with van der Waals surface area (Å²) >= 11 is 0. The van der Waals surface area contributed by atoms with Crippen molar-refractivity contribution < 1.29 is 9.84 Å². The van der Waals surface area contributed by atoms with E-state index in [1.54, 1.807) is 0 Å². The van der Waals surface area contributed by atoms with Crippen LogP contribution in [0.2, 0.25) is 0 Å². The topological polar surface area (TPSA) is 32.7 Å². The van der Waals surface area contributed by atoms with Crippen LogP contribution in [0.15, 0.2) is 0 Å². The minimum atomic E-state index is -0.136. The highest BCUT2D eigenvalue weighted by Crippen LogP contribution is 2.28. The first kappa shape index (κ1) is 14.3. The van der Waals surface area contributed by atoms with Crippen molar-refractivity contribution in [1.82, 2.24) is 4.90 Å². The molecular weight excluding hydrogens is 226 g/mol. The van der Waals surface area contributed by atoms with E-state index in [-0.39, 0.29) is 6.10 Å². The molecule has 0 aromatic heterocycles. The lowest BCUT2D eigenvalue weighted by Gasteiger charge is -2.28. The Kier molecular flexibility index (Phi) is 5.93. The van der Waals surface area contributed by atoms with Gasteiger partial charge in [0.1, 0.15) is 0 Å². The number of likely N-dealkylation sites (N-methyl/N-ethyl adjacent to an activating group) is 1. The Balaban J connectivity index is 1.61. The van der Waals surface area contributed by atoms with Crippen LogP contribution >= 0.6 is 0 Å². The van der Waals surface area contributed by atoms with Crippen LogP contribution in [-0.2, 0) is 4.74 Å². The van der Waals surface area contributed by atoms with Crippen molar-refractivity contribution in [1.29, 1.82) is 0 Å². The third kappa shape index (κ3) is 4.87. The van der Waals surface area contributed by atoms with Gasteiger partial charge < -0.3 is 14.7 Å². The third-order valence-electron chi connectivity index (χ3n) is 4.43. The molecule has 0 aromatic rings. The second kappa shape index (κ2) is 7.46. The van der Waals surface area contributed by atoms with E-state index in [2.05, 4.69) is 11.9 Å². The molecule has 1 aliphatic heterocycles. The third-order valence-corrected chi connectivity index (χ3v) is 4.43. The monoisotopic (exact) mass is 255 g/mol. The number of aliphatic hydroxyl groups excluding tert-OH is 1. The normalized spacial score (nSPS) is 27.8. The lowest BCUT2D eigenvalue weighted by molar-refractivity contribution is 0.0319. The maximum absolute atomic E-state index is 10.1. The van der Waals surface area contributed by atoms with Gasteiger partial charge in [-0.2, -0.15) is 0 Å². The molecule has 106 valence electrons. The van der Waals surface area contributed by atoms with Gasteiger partial charge in [0.25, 0.3) is 0 Å². The molecule has 1 aliphatic carbocycles. The van der Waals surface area contributed by atoms with E-state index in [4.69, 9.17) is 4.74 Å². The lowest BCUT2D eigenvalue weighted by Crippen LogP contribution is -2.36. The minimum absolute atomic E-state index is 0.136. The molecule has 0 amide bonds. The van der Waals surface area contributed by atoms with Gasteiger partial charge in [0, 0.05) is 19.7 Å². The van der Waals surface area contributed by atoms with Crippen molar-refractivity contribution in [3.8, 4) is 0 Å². The Morgan fingerprint density at radius 1 is 1.17 bits per heavy atom. The van der Waals surface area contributed by atoms with Crippen LogP contribution in [0.25, 0.3) is 0 Å². The molecule has 0 spiro atoms. The SMILES string of the molecule is CN(CC(O)CC1CCCC1)CC1CCCOC1. The van der Waals surface area contributed by atoms with Gasteiger partial charge in [0.05, 0.1) is 12.7 Å². The van der Waals surface area contributed by atoms with Crippen LogP contribution in [0.3, 0.4) is 0 Å². The Bertz CT molecular complexity index is 223. The zero-order valence-electron chi connectivity index (χ0n) is 11.8. The van der Waals surface area contributed by atoms with E-state index in [0.29, 0.717) is 5.92 Å². The molecule has 1 saturated carbocycles. The Labute approximate surface area is 112 Å². The van der Waals surface area contributed by atoms with Crippen molar-refractivity contribution in [3.63, 3.8) is 0 Å². The second-order valence-electron chi connectivity index (χ2n) is 6.34. The summed E-state index contributed by atoms with van der Waals surface area (Å²) in [6.07, 6.45) is 8.74.